The summed E-state index contributed by atoms with van der Waals surface area (Å²) < 4.78 is 0. The van der Waals surface area contributed by atoms with Crippen LogP contribution in [0.3, 0.4) is 0 Å². The van der Waals surface area contributed by atoms with Gasteiger partial charge in [0.1, 0.15) is 5.82 Å². The van der Waals surface area contributed by atoms with Crippen LogP contribution in [0.4, 0.5) is 5.82 Å². The van der Waals surface area contributed by atoms with Crippen LogP contribution >= 0.6 is 11.8 Å². The zero-order valence-corrected chi connectivity index (χ0v) is 11.6. The van der Waals surface area contributed by atoms with Crippen LogP contribution in [0.15, 0.2) is 18.3 Å². The molecule has 0 saturated carbocycles. The minimum absolute atomic E-state index is 0.0614. The molecular formula is C13H21N3S. The Morgan fingerprint density at radius 2 is 2.00 bits per heavy atom. The lowest BCUT2D eigenvalue weighted by atomic mass is 10.1. The van der Waals surface area contributed by atoms with Gasteiger partial charge in [-0.3, -0.25) is 0 Å². The van der Waals surface area contributed by atoms with Crippen LogP contribution < -0.4 is 10.6 Å². The molecule has 1 aliphatic rings. The Bertz CT molecular complexity index is 353. The number of pyridine rings is 1. The average Bonchev–Trinajstić information content (AvgIpc) is 2.28. The minimum atomic E-state index is 0.0614. The molecule has 0 aliphatic carbocycles. The fourth-order valence-corrected chi connectivity index (χ4v) is 3.54. The number of hydrogen-bond acceptors (Lipinski definition) is 4. The average molecular weight is 251 g/mol. The highest BCUT2D eigenvalue weighted by Gasteiger charge is 2.23. The maximum Gasteiger partial charge on any atom is 0.128 e. The van der Waals surface area contributed by atoms with E-state index in [1.807, 2.05) is 13.1 Å². The van der Waals surface area contributed by atoms with Gasteiger partial charge in [-0.2, -0.15) is 11.8 Å². The number of nitrogens with two attached hydrogens (primary N) is 1. The van der Waals surface area contributed by atoms with E-state index in [-0.39, 0.29) is 6.04 Å². The van der Waals surface area contributed by atoms with Gasteiger partial charge in [0.2, 0.25) is 0 Å². The third-order valence-electron chi connectivity index (χ3n) is 3.04. The molecule has 0 amide bonds. The molecule has 1 aromatic heterocycles. The van der Waals surface area contributed by atoms with Gasteiger partial charge in [0.25, 0.3) is 0 Å². The highest BCUT2D eigenvalue weighted by Crippen LogP contribution is 2.27. The second kappa shape index (κ2) is 5.27. The van der Waals surface area contributed by atoms with Crippen LogP contribution in [0.2, 0.25) is 0 Å². The molecule has 0 aromatic carbocycles. The van der Waals surface area contributed by atoms with Crippen molar-refractivity contribution in [1.29, 1.82) is 0 Å². The maximum atomic E-state index is 5.83. The molecule has 1 aliphatic heterocycles. The van der Waals surface area contributed by atoms with E-state index in [9.17, 15) is 0 Å². The molecule has 2 N–H and O–H groups in total. The molecule has 1 aromatic rings. The third-order valence-corrected chi connectivity index (χ3v) is 4.27. The molecule has 94 valence electrons. The van der Waals surface area contributed by atoms with Gasteiger partial charge in [0.05, 0.1) is 0 Å². The van der Waals surface area contributed by atoms with E-state index >= 15 is 0 Å². The summed E-state index contributed by atoms with van der Waals surface area (Å²) in [4.78, 5) is 6.90. The van der Waals surface area contributed by atoms with Crippen LogP contribution in [-0.4, -0.2) is 28.6 Å². The van der Waals surface area contributed by atoms with Gasteiger partial charge < -0.3 is 10.6 Å². The van der Waals surface area contributed by atoms with Crippen molar-refractivity contribution >= 4 is 17.6 Å². The number of rotatable bonds is 2. The normalized spacial score (nSPS) is 26.9. The molecule has 2 heterocycles. The summed E-state index contributed by atoms with van der Waals surface area (Å²) in [5.41, 5.74) is 6.93. The molecule has 3 nitrogen and oxygen atoms in total. The number of anilines is 1. The Kier molecular flexibility index (Phi) is 3.94. The molecule has 4 heteroatoms. The van der Waals surface area contributed by atoms with Gasteiger partial charge in [0, 0.05) is 35.8 Å². The number of nitrogens with zero attached hydrogens (tertiary/aromatic N) is 2. The Morgan fingerprint density at radius 3 is 2.47 bits per heavy atom. The van der Waals surface area contributed by atoms with E-state index in [1.54, 1.807) is 0 Å². The summed E-state index contributed by atoms with van der Waals surface area (Å²) in [5.74, 6) is 1.08. The van der Waals surface area contributed by atoms with Crippen molar-refractivity contribution in [2.75, 3.05) is 18.0 Å². The highest BCUT2D eigenvalue weighted by atomic mass is 32.2. The van der Waals surface area contributed by atoms with Crippen molar-refractivity contribution < 1.29 is 0 Å². The van der Waals surface area contributed by atoms with Gasteiger partial charge in [0.15, 0.2) is 0 Å². The van der Waals surface area contributed by atoms with Gasteiger partial charge >= 0.3 is 0 Å². The first-order valence-electron chi connectivity index (χ1n) is 6.18. The SMILES string of the molecule is CC1CN(c2ccc([C@@H](C)N)cn2)CC(C)S1. The van der Waals surface area contributed by atoms with Crippen LogP contribution in [0.5, 0.6) is 0 Å². The zero-order valence-electron chi connectivity index (χ0n) is 10.8. The number of thioether (sulfide) groups is 1. The first-order valence-corrected chi connectivity index (χ1v) is 7.12. The van der Waals surface area contributed by atoms with E-state index in [4.69, 9.17) is 5.73 Å². The van der Waals surface area contributed by atoms with Crippen molar-refractivity contribution in [3.8, 4) is 0 Å². The first-order chi connectivity index (χ1) is 8.06. The number of hydrogen-bond donors (Lipinski definition) is 1. The van der Waals surface area contributed by atoms with Crippen molar-refractivity contribution in [3.05, 3.63) is 23.9 Å². The summed E-state index contributed by atoms with van der Waals surface area (Å²) in [6.45, 7) is 8.71. The Hall–Kier alpha value is -0.740. The lowest BCUT2D eigenvalue weighted by Crippen LogP contribution is -2.40. The molecule has 0 bridgehead atoms. The van der Waals surface area contributed by atoms with Crippen molar-refractivity contribution in [2.45, 2.75) is 37.3 Å². The maximum absolute atomic E-state index is 5.83. The molecule has 2 unspecified atom stereocenters. The monoisotopic (exact) mass is 251 g/mol. The van der Waals surface area contributed by atoms with Gasteiger partial charge in [-0.25, -0.2) is 4.98 Å². The van der Waals surface area contributed by atoms with E-state index in [0.717, 1.165) is 24.5 Å². The molecule has 0 spiro atoms. The molecule has 3 atom stereocenters. The van der Waals surface area contributed by atoms with Crippen molar-refractivity contribution in [1.82, 2.24) is 4.98 Å². The Balaban J connectivity index is 2.11. The predicted octanol–water partition coefficient (Wildman–Crippen LogP) is 2.43. The van der Waals surface area contributed by atoms with Gasteiger partial charge in [-0.05, 0) is 18.6 Å². The van der Waals surface area contributed by atoms with Crippen LogP contribution in [0.1, 0.15) is 32.4 Å². The van der Waals surface area contributed by atoms with E-state index in [0.29, 0.717) is 10.5 Å². The van der Waals surface area contributed by atoms with Gasteiger partial charge in [-0.15, -0.1) is 0 Å². The minimum Gasteiger partial charge on any atom is -0.354 e. The topological polar surface area (TPSA) is 42.1 Å². The second-order valence-electron chi connectivity index (χ2n) is 4.90. The third kappa shape index (κ3) is 3.13. The molecule has 2 rings (SSSR count). The van der Waals surface area contributed by atoms with Crippen molar-refractivity contribution in [3.63, 3.8) is 0 Å². The standard InChI is InChI=1S/C13H21N3S/c1-9-7-16(8-10(2)17-9)13-5-4-12(6-15-13)11(3)14/h4-6,9-11H,7-8,14H2,1-3H3/t9?,10?,11-/m1/s1. The van der Waals surface area contributed by atoms with E-state index in [1.165, 1.54) is 0 Å². The summed E-state index contributed by atoms with van der Waals surface area (Å²) in [5, 5.41) is 1.35. The fraction of sp³-hybridized carbons (Fsp3) is 0.615. The van der Waals surface area contributed by atoms with Crippen LogP contribution in [0.25, 0.3) is 0 Å². The van der Waals surface area contributed by atoms with E-state index < -0.39 is 0 Å². The van der Waals surface area contributed by atoms with Gasteiger partial charge in [-0.1, -0.05) is 19.9 Å². The lowest BCUT2D eigenvalue weighted by molar-refractivity contribution is 0.716. The molecule has 0 radical (unpaired) electrons. The first kappa shape index (κ1) is 12.7. The predicted molar refractivity (Wildman–Crippen MR) is 75.6 cm³/mol. The van der Waals surface area contributed by atoms with Crippen LogP contribution in [-0.2, 0) is 0 Å². The smallest absolute Gasteiger partial charge is 0.128 e. The van der Waals surface area contributed by atoms with E-state index in [2.05, 4.69) is 47.6 Å². The summed E-state index contributed by atoms with van der Waals surface area (Å²) in [6.07, 6.45) is 1.90. The molecular weight excluding hydrogens is 230 g/mol. The summed E-state index contributed by atoms with van der Waals surface area (Å²) in [7, 11) is 0. The lowest BCUT2D eigenvalue weighted by Gasteiger charge is -2.35. The van der Waals surface area contributed by atoms with Crippen LogP contribution in [0, 0.1) is 0 Å². The van der Waals surface area contributed by atoms with Crippen molar-refractivity contribution in [2.24, 2.45) is 5.73 Å². The number of aromatic nitrogens is 1. The quantitative estimate of drug-likeness (QED) is 0.876. The molecule has 1 saturated heterocycles. The largest absolute Gasteiger partial charge is 0.354 e. The Labute approximate surface area is 108 Å². The molecule has 17 heavy (non-hydrogen) atoms. The highest BCUT2D eigenvalue weighted by molar-refractivity contribution is 8.00. The summed E-state index contributed by atoms with van der Waals surface area (Å²) >= 11 is 2.06. The summed E-state index contributed by atoms with van der Waals surface area (Å²) in [6, 6.07) is 4.24. The Morgan fingerprint density at radius 1 is 1.35 bits per heavy atom. The zero-order chi connectivity index (χ0) is 12.4. The second-order valence-corrected chi connectivity index (χ2v) is 6.78. The molecule has 1 fully saturated rings. The fourth-order valence-electron chi connectivity index (χ4n) is 2.22.